The van der Waals surface area contributed by atoms with Gasteiger partial charge < -0.3 is 15.2 Å². The normalized spacial score (nSPS) is 15.7. The molecule has 4 heterocycles. The molecule has 4 aromatic rings. The van der Waals surface area contributed by atoms with Crippen LogP contribution in [-0.4, -0.2) is 73.0 Å². The van der Waals surface area contributed by atoms with E-state index in [0.29, 0.717) is 41.5 Å². The van der Waals surface area contributed by atoms with Gasteiger partial charge in [0.1, 0.15) is 24.3 Å². The summed E-state index contributed by atoms with van der Waals surface area (Å²) in [6, 6.07) is 9.36. The number of rotatable bonds is 6. The number of carbonyl (C=O) groups is 1. The molecule has 41 heavy (non-hydrogen) atoms. The van der Waals surface area contributed by atoms with E-state index in [1.165, 1.54) is 4.90 Å². The molecule has 1 saturated heterocycles. The third kappa shape index (κ3) is 6.73. The number of imidazole rings is 1. The minimum atomic E-state index is -4.59. The second kappa shape index (κ2) is 11.0. The highest BCUT2D eigenvalue weighted by Crippen LogP contribution is 2.31. The van der Waals surface area contributed by atoms with Crippen LogP contribution in [-0.2, 0) is 11.0 Å². The molecule has 0 spiro atoms. The quantitative estimate of drug-likeness (QED) is 0.298. The number of nitrogens with one attached hydrogen (secondary N) is 2. The predicted molar refractivity (Wildman–Crippen MR) is 137 cm³/mol. The molecular weight excluding hydrogens is 554 g/mol. The van der Waals surface area contributed by atoms with Crippen molar-refractivity contribution >= 4 is 28.7 Å². The van der Waals surface area contributed by atoms with Crippen LogP contribution >= 0.6 is 0 Å². The van der Waals surface area contributed by atoms with E-state index in [1.54, 1.807) is 24.4 Å². The van der Waals surface area contributed by atoms with Gasteiger partial charge in [-0.3, -0.25) is 9.69 Å². The number of piperazine rings is 1. The van der Waals surface area contributed by atoms with Crippen LogP contribution < -0.4 is 5.32 Å². The number of hydrogen-bond acceptors (Lipinski definition) is 7. The Hall–Kier alpha value is -4.27. The van der Waals surface area contributed by atoms with Crippen molar-refractivity contribution in [2.45, 2.75) is 31.7 Å². The molecule has 0 radical (unpaired) electrons. The zero-order valence-electron chi connectivity index (χ0n) is 21.6. The summed E-state index contributed by atoms with van der Waals surface area (Å²) >= 11 is 0. The van der Waals surface area contributed by atoms with Gasteiger partial charge >= 0.3 is 12.4 Å². The molecule has 1 fully saturated rings. The van der Waals surface area contributed by atoms with E-state index in [9.17, 15) is 31.1 Å². The Morgan fingerprint density at radius 1 is 1.00 bits per heavy atom. The molecule has 0 bridgehead atoms. The van der Waals surface area contributed by atoms with Gasteiger partial charge in [-0.2, -0.15) is 26.3 Å². The number of aromatic amines is 1. The molecule has 1 aliphatic heterocycles. The van der Waals surface area contributed by atoms with Crippen LogP contribution in [0.4, 0.5) is 38.1 Å². The van der Waals surface area contributed by atoms with Crippen molar-refractivity contribution in [1.82, 2.24) is 34.7 Å². The standard InChI is InChI=1S/C26H24F6N8O/c1-15(39-6-8-40(9-7-39)23(41)13-25(27,28)29)16-4-5-33-22(11-16)38-24-36-18-3-2-17(10-20(18)37-24)19-12-21(26(30,31)32)35-14-34-19/h2-5,10-12,14-15H,6-9,13H2,1H3,(H2,33,36,37,38). The van der Waals surface area contributed by atoms with E-state index in [-0.39, 0.29) is 24.8 Å². The van der Waals surface area contributed by atoms with E-state index in [2.05, 4.69) is 35.1 Å². The van der Waals surface area contributed by atoms with Crippen molar-refractivity contribution in [3.63, 3.8) is 0 Å². The number of H-pyrrole nitrogens is 1. The lowest BCUT2D eigenvalue weighted by atomic mass is 10.1. The van der Waals surface area contributed by atoms with Crippen molar-refractivity contribution in [2.75, 3.05) is 31.5 Å². The van der Waals surface area contributed by atoms with E-state index in [0.717, 1.165) is 18.0 Å². The van der Waals surface area contributed by atoms with E-state index < -0.39 is 30.4 Å². The number of carbonyl (C=O) groups excluding carboxylic acids is 1. The number of anilines is 2. The van der Waals surface area contributed by atoms with Crippen molar-refractivity contribution < 1.29 is 31.1 Å². The number of pyridine rings is 1. The van der Waals surface area contributed by atoms with Gasteiger partial charge in [0.25, 0.3) is 0 Å². The molecule has 0 aliphatic carbocycles. The summed E-state index contributed by atoms with van der Waals surface area (Å²) < 4.78 is 76.8. The molecule has 1 aliphatic rings. The Kier molecular flexibility index (Phi) is 7.55. The van der Waals surface area contributed by atoms with E-state index in [1.807, 2.05) is 19.1 Å². The second-order valence-corrected chi connectivity index (χ2v) is 9.59. The molecule has 3 aromatic heterocycles. The maximum atomic E-state index is 13.1. The number of halogens is 6. The average molecular weight is 579 g/mol. The lowest BCUT2D eigenvalue weighted by Gasteiger charge is -2.38. The first-order valence-electron chi connectivity index (χ1n) is 12.6. The fraction of sp³-hybridized carbons (Fsp3) is 0.346. The Labute approximate surface area is 229 Å². The maximum Gasteiger partial charge on any atom is 0.433 e. The maximum absolute atomic E-state index is 13.1. The Morgan fingerprint density at radius 3 is 2.46 bits per heavy atom. The number of fused-ring (bicyclic) bond motifs is 1. The van der Waals surface area contributed by atoms with Gasteiger partial charge in [0.15, 0.2) is 0 Å². The van der Waals surface area contributed by atoms with Crippen molar-refractivity contribution in [3.8, 4) is 11.3 Å². The number of nitrogens with zero attached hydrogens (tertiary/aromatic N) is 6. The lowest BCUT2D eigenvalue weighted by Crippen LogP contribution is -2.50. The van der Waals surface area contributed by atoms with Crippen molar-refractivity contribution in [1.29, 1.82) is 0 Å². The SMILES string of the molecule is CC(c1ccnc(Nc2nc3ccc(-c4cc(C(F)(F)F)ncn4)cc3[nH]2)c1)N1CCN(C(=O)CC(F)(F)F)CC1. The number of amides is 1. The highest BCUT2D eigenvalue weighted by Gasteiger charge is 2.35. The van der Waals surface area contributed by atoms with E-state index in [4.69, 9.17) is 0 Å². The van der Waals surface area contributed by atoms with Crippen LogP contribution in [0.1, 0.15) is 30.6 Å². The molecule has 5 rings (SSSR count). The van der Waals surface area contributed by atoms with Gasteiger partial charge in [0, 0.05) is 44.0 Å². The van der Waals surface area contributed by atoms with Crippen LogP contribution in [0.15, 0.2) is 48.9 Å². The Bertz CT molecular complexity index is 1550. The summed E-state index contributed by atoms with van der Waals surface area (Å²) in [6.45, 7) is 3.25. The first-order valence-corrected chi connectivity index (χ1v) is 12.6. The molecule has 1 amide bonds. The van der Waals surface area contributed by atoms with Crippen molar-refractivity contribution in [3.05, 3.63) is 60.2 Å². The van der Waals surface area contributed by atoms with Gasteiger partial charge in [-0.25, -0.2) is 19.9 Å². The van der Waals surface area contributed by atoms with E-state index >= 15 is 0 Å². The number of alkyl halides is 6. The number of benzene rings is 1. The molecule has 216 valence electrons. The Balaban J connectivity index is 1.26. The fourth-order valence-electron chi connectivity index (χ4n) is 4.65. The third-order valence-corrected chi connectivity index (χ3v) is 6.81. The molecule has 1 aromatic carbocycles. The smallest absolute Gasteiger partial charge is 0.340 e. The first-order chi connectivity index (χ1) is 19.4. The monoisotopic (exact) mass is 578 g/mol. The van der Waals surface area contributed by atoms with Crippen molar-refractivity contribution in [2.24, 2.45) is 0 Å². The summed E-state index contributed by atoms with van der Waals surface area (Å²) in [7, 11) is 0. The largest absolute Gasteiger partial charge is 0.433 e. The first kappa shape index (κ1) is 28.3. The van der Waals surface area contributed by atoms with Gasteiger partial charge in [0.2, 0.25) is 11.9 Å². The van der Waals surface area contributed by atoms with Gasteiger partial charge in [-0.05, 0) is 42.8 Å². The van der Waals surface area contributed by atoms with Crippen LogP contribution in [0, 0.1) is 0 Å². The van der Waals surface area contributed by atoms with Crippen LogP contribution in [0.3, 0.4) is 0 Å². The minimum absolute atomic E-state index is 0.0916. The molecule has 9 nitrogen and oxygen atoms in total. The second-order valence-electron chi connectivity index (χ2n) is 9.59. The average Bonchev–Trinajstić information content (AvgIpc) is 3.33. The summed E-state index contributed by atoms with van der Waals surface area (Å²) in [5, 5.41) is 3.09. The molecular formula is C26H24F6N8O. The molecule has 1 unspecified atom stereocenters. The fourth-order valence-corrected chi connectivity index (χ4v) is 4.65. The van der Waals surface area contributed by atoms with Gasteiger partial charge in [-0.15, -0.1) is 0 Å². The predicted octanol–water partition coefficient (Wildman–Crippen LogP) is 5.33. The number of aromatic nitrogens is 5. The lowest BCUT2D eigenvalue weighted by molar-refractivity contribution is -0.162. The summed E-state index contributed by atoms with van der Waals surface area (Å²) in [4.78, 5) is 34.3. The molecule has 2 N–H and O–H groups in total. The van der Waals surface area contributed by atoms with Gasteiger partial charge in [-0.1, -0.05) is 6.07 Å². The van der Waals surface area contributed by atoms with Gasteiger partial charge in [0.05, 0.1) is 16.7 Å². The zero-order valence-corrected chi connectivity index (χ0v) is 21.6. The van der Waals surface area contributed by atoms with Crippen LogP contribution in [0.25, 0.3) is 22.3 Å². The third-order valence-electron chi connectivity index (χ3n) is 6.81. The molecule has 0 saturated carbocycles. The highest BCUT2D eigenvalue weighted by atomic mass is 19.4. The number of hydrogen-bond donors (Lipinski definition) is 2. The summed E-state index contributed by atoms with van der Waals surface area (Å²) in [6.07, 6.45) is -8.08. The summed E-state index contributed by atoms with van der Waals surface area (Å²) in [5.74, 6) is -0.0654. The molecule has 1 atom stereocenters. The Morgan fingerprint density at radius 2 is 1.76 bits per heavy atom. The highest BCUT2D eigenvalue weighted by molar-refractivity contribution is 5.83. The van der Waals surface area contributed by atoms with Crippen LogP contribution in [0.2, 0.25) is 0 Å². The minimum Gasteiger partial charge on any atom is -0.340 e. The topological polar surface area (TPSA) is 103 Å². The zero-order chi connectivity index (χ0) is 29.4. The van der Waals surface area contributed by atoms with Crippen LogP contribution in [0.5, 0.6) is 0 Å². The molecule has 15 heteroatoms. The summed E-state index contributed by atoms with van der Waals surface area (Å²) in [5.41, 5.74) is 1.58.